The third-order valence-corrected chi connectivity index (χ3v) is 4.69. The zero-order chi connectivity index (χ0) is 15.6. The van der Waals surface area contributed by atoms with Gasteiger partial charge in [-0.1, -0.05) is 0 Å². The number of benzene rings is 1. The van der Waals surface area contributed by atoms with E-state index < -0.39 is 15.8 Å². The van der Waals surface area contributed by atoms with E-state index in [0.717, 1.165) is 12.1 Å². The highest BCUT2D eigenvalue weighted by molar-refractivity contribution is 9.10. The van der Waals surface area contributed by atoms with E-state index in [-0.39, 0.29) is 21.7 Å². The van der Waals surface area contributed by atoms with Crippen LogP contribution < -0.4 is 10.0 Å². The number of hydrogen-bond donors (Lipinski definition) is 2. The minimum absolute atomic E-state index is 0.0131. The minimum Gasteiger partial charge on any atom is -0.338 e. The lowest BCUT2D eigenvalue weighted by atomic mass is 10.3. The summed E-state index contributed by atoms with van der Waals surface area (Å²) in [7, 11) is -2.60. The first kappa shape index (κ1) is 16.1. The van der Waals surface area contributed by atoms with Gasteiger partial charge in [0.15, 0.2) is 0 Å². The molecule has 1 aromatic carbocycles. The van der Waals surface area contributed by atoms with Crippen LogP contribution in [0.1, 0.15) is 0 Å². The van der Waals surface area contributed by atoms with E-state index in [4.69, 9.17) is 11.6 Å². The third-order valence-electron chi connectivity index (χ3n) is 2.47. The van der Waals surface area contributed by atoms with Crippen molar-refractivity contribution in [3.8, 4) is 0 Å². The van der Waals surface area contributed by atoms with Crippen LogP contribution in [0.25, 0.3) is 0 Å². The summed E-state index contributed by atoms with van der Waals surface area (Å²) in [4.78, 5) is 7.44. The molecule has 0 saturated carbocycles. The number of hydrogen-bond acceptors (Lipinski definition) is 5. The largest absolute Gasteiger partial charge is 0.338 e. The van der Waals surface area contributed by atoms with Crippen molar-refractivity contribution in [3.05, 3.63) is 40.0 Å². The maximum absolute atomic E-state index is 13.3. The van der Waals surface area contributed by atoms with E-state index >= 15 is 0 Å². The molecule has 0 aliphatic heterocycles. The lowest BCUT2D eigenvalue weighted by Crippen LogP contribution is -2.20. The number of nitrogens with one attached hydrogen (secondary N) is 2. The summed E-state index contributed by atoms with van der Waals surface area (Å²) >= 11 is 8.90. The summed E-state index contributed by atoms with van der Waals surface area (Å²) < 4.78 is 39.8. The van der Waals surface area contributed by atoms with Crippen LogP contribution in [0, 0.1) is 5.82 Å². The number of sulfonamides is 1. The number of halogens is 3. The standard InChI is InChI=1S/C11H9BrClFN4O2S/c1-15-21(19,20)9-4-6(14)2-3-8(9)17-10-7(12)5-16-11(13)18-10/h2-5,15H,1H3,(H,16,17,18). The number of aromatic nitrogens is 2. The molecule has 0 unspecified atom stereocenters. The van der Waals surface area contributed by atoms with Crippen molar-refractivity contribution in [3.63, 3.8) is 0 Å². The zero-order valence-electron chi connectivity index (χ0n) is 10.6. The van der Waals surface area contributed by atoms with Gasteiger partial charge in [0.05, 0.1) is 10.2 Å². The fourth-order valence-corrected chi connectivity index (χ4v) is 2.81. The summed E-state index contributed by atoms with van der Waals surface area (Å²) in [5, 5.41) is 2.77. The molecule has 21 heavy (non-hydrogen) atoms. The van der Waals surface area contributed by atoms with Gasteiger partial charge >= 0.3 is 0 Å². The molecule has 0 radical (unpaired) electrons. The van der Waals surface area contributed by atoms with Crippen LogP contribution in [-0.2, 0) is 10.0 Å². The molecule has 2 aromatic rings. The highest BCUT2D eigenvalue weighted by atomic mass is 79.9. The van der Waals surface area contributed by atoms with Crippen LogP contribution in [0.4, 0.5) is 15.9 Å². The van der Waals surface area contributed by atoms with Gasteiger partial charge in [-0.2, -0.15) is 4.98 Å². The Morgan fingerprint density at radius 2 is 2.10 bits per heavy atom. The molecule has 1 aromatic heterocycles. The average Bonchev–Trinajstić information content (AvgIpc) is 2.44. The molecule has 1 heterocycles. The zero-order valence-corrected chi connectivity index (χ0v) is 13.7. The van der Waals surface area contributed by atoms with Gasteiger partial charge in [-0.3, -0.25) is 0 Å². The Kier molecular flexibility index (Phi) is 4.77. The predicted molar refractivity (Wildman–Crippen MR) is 80.7 cm³/mol. The Labute approximate surface area is 133 Å². The summed E-state index contributed by atoms with van der Waals surface area (Å²) in [6, 6.07) is 3.33. The van der Waals surface area contributed by atoms with Gasteiger partial charge in [0.2, 0.25) is 15.3 Å². The third kappa shape index (κ3) is 3.67. The Morgan fingerprint density at radius 1 is 1.38 bits per heavy atom. The molecule has 2 rings (SSSR count). The van der Waals surface area contributed by atoms with Crippen LogP contribution in [0.5, 0.6) is 0 Å². The van der Waals surface area contributed by atoms with E-state index in [1.54, 1.807) is 0 Å². The first-order valence-corrected chi connectivity index (χ1v) is 8.17. The molecule has 0 aliphatic rings. The highest BCUT2D eigenvalue weighted by Crippen LogP contribution is 2.28. The average molecular weight is 396 g/mol. The lowest BCUT2D eigenvalue weighted by Gasteiger charge is -2.12. The van der Waals surface area contributed by atoms with Gasteiger partial charge in [-0.05, 0) is 52.8 Å². The summed E-state index contributed by atoms with van der Waals surface area (Å²) in [5.41, 5.74) is 0.154. The molecule has 0 spiro atoms. The fourth-order valence-electron chi connectivity index (χ4n) is 1.49. The van der Waals surface area contributed by atoms with Gasteiger partial charge in [-0.15, -0.1) is 0 Å². The maximum atomic E-state index is 13.3. The molecule has 0 aliphatic carbocycles. The maximum Gasteiger partial charge on any atom is 0.242 e. The molecule has 2 N–H and O–H groups in total. The van der Waals surface area contributed by atoms with E-state index in [1.165, 1.54) is 19.3 Å². The van der Waals surface area contributed by atoms with Gasteiger partial charge in [-0.25, -0.2) is 22.5 Å². The molecule has 0 fully saturated rings. The molecule has 0 atom stereocenters. The van der Waals surface area contributed by atoms with Gasteiger partial charge in [0.25, 0.3) is 0 Å². The van der Waals surface area contributed by atoms with Crippen molar-refractivity contribution in [2.24, 2.45) is 0 Å². The van der Waals surface area contributed by atoms with Gasteiger partial charge in [0, 0.05) is 6.20 Å². The topological polar surface area (TPSA) is 84.0 Å². The molecular weight excluding hydrogens is 387 g/mol. The number of nitrogens with zero attached hydrogens (tertiary/aromatic N) is 2. The highest BCUT2D eigenvalue weighted by Gasteiger charge is 2.19. The second kappa shape index (κ2) is 6.22. The SMILES string of the molecule is CNS(=O)(=O)c1cc(F)ccc1Nc1nc(Cl)ncc1Br. The quantitative estimate of drug-likeness (QED) is 0.778. The van der Waals surface area contributed by atoms with Crippen LogP contribution in [0.3, 0.4) is 0 Å². The molecule has 10 heteroatoms. The summed E-state index contributed by atoms with van der Waals surface area (Å²) in [5.74, 6) is -0.414. The van der Waals surface area contributed by atoms with Crippen molar-refractivity contribution in [2.75, 3.05) is 12.4 Å². The van der Waals surface area contributed by atoms with E-state index in [1.807, 2.05) is 0 Å². The van der Waals surface area contributed by atoms with Gasteiger partial charge in [0.1, 0.15) is 16.5 Å². The Hall–Kier alpha value is -1.29. The molecule has 6 nitrogen and oxygen atoms in total. The lowest BCUT2D eigenvalue weighted by molar-refractivity contribution is 0.584. The van der Waals surface area contributed by atoms with Crippen molar-refractivity contribution in [1.82, 2.24) is 14.7 Å². The smallest absolute Gasteiger partial charge is 0.242 e. The molecule has 0 saturated heterocycles. The number of rotatable bonds is 4. The second-order valence-electron chi connectivity index (χ2n) is 3.81. The van der Waals surface area contributed by atoms with Crippen molar-refractivity contribution < 1.29 is 12.8 Å². The number of anilines is 2. The predicted octanol–water partition coefficient (Wildman–Crippen LogP) is 2.68. The first-order valence-electron chi connectivity index (χ1n) is 5.51. The molecule has 0 bridgehead atoms. The first-order chi connectivity index (χ1) is 9.83. The Morgan fingerprint density at radius 3 is 2.76 bits per heavy atom. The van der Waals surface area contributed by atoms with Crippen LogP contribution >= 0.6 is 27.5 Å². The van der Waals surface area contributed by atoms with E-state index in [9.17, 15) is 12.8 Å². The second-order valence-corrected chi connectivity index (χ2v) is 6.86. The Bertz CT molecular complexity index is 788. The minimum atomic E-state index is -3.84. The van der Waals surface area contributed by atoms with Crippen LogP contribution in [-0.4, -0.2) is 25.4 Å². The van der Waals surface area contributed by atoms with E-state index in [0.29, 0.717) is 4.47 Å². The Balaban J connectivity index is 2.52. The van der Waals surface area contributed by atoms with Crippen molar-refractivity contribution in [2.45, 2.75) is 4.90 Å². The van der Waals surface area contributed by atoms with Crippen LogP contribution in [0.2, 0.25) is 5.28 Å². The van der Waals surface area contributed by atoms with Crippen molar-refractivity contribution >= 4 is 49.1 Å². The molecular formula is C11H9BrClFN4O2S. The van der Waals surface area contributed by atoms with Crippen molar-refractivity contribution in [1.29, 1.82) is 0 Å². The normalized spacial score (nSPS) is 11.4. The molecule has 0 amide bonds. The molecule has 112 valence electrons. The summed E-state index contributed by atoms with van der Waals surface area (Å²) in [6.07, 6.45) is 1.41. The monoisotopic (exact) mass is 394 g/mol. The van der Waals surface area contributed by atoms with Crippen LogP contribution in [0.15, 0.2) is 33.8 Å². The summed E-state index contributed by atoms with van der Waals surface area (Å²) in [6.45, 7) is 0. The van der Waals surface area contributed by atoms with E-state index in [2.05, 4.69) is 35.9 Å². The van der Waals surface area contributed by atoms with Gasteiger partial charge < -0.3 is 5.32 Å². The fraction of sp³-hybridized carbons (Fsp3) is 0.0909.